The van der Waals surface area contributed by atoms with Crippen LogP contribution in [-0.2, 0) is 51.7 Å². The van der Waals surface area contributed by atoms with Crippen molar-refractivity contribution in [3.8, 4) is 118 Å². The second-order valence-corrected chi connectivity index (χ2v) is 7.81. The van der Waals surface area contributed by atoms with Gasteiger partial charge in [0.25, 0.3) is 5.91 Å². The minimum absolute atomic E-state index is 0. The van der Waals surface area contributed by atoms with Crippen molar-refractivity contribution < 1.29 is 56.8 Å². The molecule has 0 aromatic carbocycles. The number of rotatable bonds is 8. The SMILES string of the molecule is CC#CC#CC#CC#CC#CC#CC#CC#CC#CC#CC(=O)NCCC[C@@H]1O[C@H](COC(C)C)C(O)[C@@H]1OC.[Y]. The summed E-state index contributed by atoms with van der Waals surface area (Å²) in [5.41, 5.74) is 0. The van der Waals surface area contributed by atoms with E-state index in [-0.39, 0.29) is 44.9 Å². The van der Waals surface area contributed by atoms with E-state index in [2.05, 4.69) is 124 Å². The maximum absolute atomic E-state index is 11.8. The van der Waals surface area contributed by atoms with Crippen LogP contribution in [0.4, 0.5) is 0 Å². The van der Waals surface area contributed by atoms with E-state index in [1.54, 1.807) is 6.92 Å². The summed E-state index contributed by atoms with van der Waals surface area (Å²) >= 11 is 0. The smallest absolute Gasteiger partial charge is 0.296 e. The van der Waals surface area contributed by atoms with Gasteiger partial charge in [0, 0.05) is 64.1 Å². The first-order chi connectivity index (χ1) is 19.5. The van der Waals surface area contributed by atoms with Crippen molar-refractivity contribution in [2.45, 2.75) is 64.1 Å². The van der Waals surface area contributed by atoms with Gasteiger partial charge in [-0.3, -0.25) is 4.79 Å². The zero-order chi connectivity index (χ0) is 29.3. The Bertz CT molecular complexity index is 1530. The third-order valence-electron chi connectivity index (χ3n) is 4.61. The van der Waals surface area contributed by atoms with E-state index in [9.17, 15) is 9.90 Å². The van der Waals surface area contributed by atoms with Gasteiger partial charge in [-0.15, -0.1) is 0 Å². The van der Waals surface area contributed by atoms with Crippen LogP contribution in [0.2, 0.25) is 0 Å². The zero-order valence-electron chi connectivity index (χ0n) is 23.4. The van der Waals surface area contributed by atoms with E-state index in [0.29, 0.717) is 26.0 Å². The number of aliphatic hydroxyl groups is 1. The summed E-state index contributed by atoms with van der Waals surface area (Å²) in [4.78, 5) is 11.8. The number of carbonyl (C=O) groups excluding carboxylic acids is 1. The van der Waals surface area contributed by atoms with Crippen molar-refractivity contribution in [2.24, 2.45) is 0 Å². The molecule has 1 aliphatic heterocycles. The molecule has 0 aromatic heterocycles. The molecule has 1 saturated heterocycles. The van der Waals surface area contributed by atoms with Gasteiger partial charge in [-0.05, 0) is 128 Å². The number of hydrogen-bond donors (Lipinski definition) is 2. The molecule has 1 heterocycles. The van der Waals surface area contributed by atoms with Crippen molar-refractivity contribution in [2.75, 3.05) is 20.3 Å². The van der Waals surface area contributed by atoms with Crippen LogP contribution in [0, 0.1) is 118 Å². The van der Waals surface area contributed by atoms with Crippen molar-refractivity contribution in [3.05, 3.63) is 0 Å². The van der Waals surface area contributed by atoms with E-state index < -0.39 is 24.2 Å². The van der Waals surface area contributed by atoms with Crippen LogP contribution in [0.5, 0.6) is 0 Å². The number of carbonyl (C=O) groups is 1. The Labute approximate surface area is 269 Å². The summed E-state index contributed by atoms with van der Waals surface area (Å²) in [6.45, 7) is 6.22. The van der Waals surface area contributed by atoms with E-state index in [1.807, 2.05) is 13.8 Å². The Balaban J connectivity index is 0.0000160. The molecule has 0 aliphatic carbocycles. The van der Waals surface area contributed by atoms with Gasteiger partial charge in [-0.1, -0.05) is 5.92 Å². The van der Waals surface area contributed by atoms with Crippen molar-refractivity contribution >= 4 is 5.91 Å². The van der Waals surface area contributed by atoms with Crippen molar-refractivity contribution in [1.29, 1.82) is 0 Å². The zero-order valence-corrected chi connectivity index (χ0v) is 26.2. The molecule has 4 atom stereocenters. The molecular formula is C34H27NO5Y. The Morgan fingerprint density at radius 3 is 1.71 bits per heavy atom. The van der Waals surface area contributed by atoms with Crippen LogP contribution in [-0.4, -0.2) is 61.8 Å². The van der Waals surface area contributed by atoms with Crippen LogP contribution in [0.25, 0.3) is 0 Å². The fourth-order valence-electron chi connectivity index (χ4n) is 2.96. The number of methoxy groups -OCH3 is 1. The fourth-order valence-corrected chi connectivity index (χ4v) is 2.96. The molecule has 2 N–H and O–H groups in total. The van der Waals surface area contributed by atoms with Gasteiger partial charge in [0.05, 0.1) is 18.8 Å². The number of ether oxygens (including phenoxy) is 3. The molecule has 0 saturated carbocycles. The van der Waals surface area contributed by atoms with E-state index in [1.165, 1.54) is 7.11 Å². The maximum atomic E-state index is 11.8. The standard InChI is InChI=1S/C34H27NO5.Y/c1-5-6-7-8-9-10-11-12-13-14-15-16-17-18-19-20-21-22-23-26-32(36)35-27-24-25-30-34(38-4)33(37)31(40-30)28-39-29(2)3;/h29-31,33-34,37H,24-25,27-28H2,1-4H3,(H,35,36);/t30-,31+,33?,34+;/m0./s1. The summed E-state index contributed by atoms with van der Waals surface area (Å²) in [5, 5.41) is 13.1. The van der Waals surface area contributed by atoms with Gasteiger partial charge in [-0.2, -0.15) is 0 Å². The molecule has 0 aromatic rings. The van der Waals surface area contributed by atoms with Gasteiger partial charge in [0.15, 0.2) is 0 Å². The van der Waals surface area contributed by atoms with Crippen molar-refractivity contribution in [3.63, 3.8) is 0 Å². The monoisotopic (exact) mass is 618 g/mol. The molecule has 1 amide bonds. The van der Waals surface area contributed by atoms with Gasteiger partial charge < -0.3 is 24.6 Å². The molecule has 7 heteroatoms. The van der Waals surface area contributed by atoms with E-state index in [0.717, 1.165) is 0 Å². The van der Waals surface area contributed by atoms with Crippen LogP contribution in [0.15, 0.2) is 0 Å². The minimum Gasteiger partial charge on any atom is -0.387 e. The first-order valence-electron chi connectivity index (χ1n) is 12.2. The average molecular weight is 618 g/mol. The molecule has 1 rings (SSSR count). The number of nitrogens with one attached hydrogen (secondary N) is 1. The Kier molecular flexibility index (Phi) is 22.6. The minimum atomic E-state index is -0.765. The molecule has 1 fully saturated rings. The van der Waals surface area contributed by atoms with E-state index >= 15 is 0 Å². The fraction of sp³-hybridized carbons (Fsp3) is 0.382. The molecule has 1 unspecified atom stereocenters. The Hall–Kier alpha value is -3.99. The van der Waals surface area contributed by atoms with Crippen molar-refractivity contribution in [1.82, 2.24) is 5.32 Å². The Morgan fingerprint density at radius 2 is 1.27 bits per heavy atom. The van der Waals surface area contributed by atoms with E-state index in [4.69, 9.17) is 14.2 Å². The molecule has 1 radical (unpaired) electrons. The molecule has 41 heavy (non-hydrogen) atoms. The van der Waals surface area contributed by atoms with Gasteiger partial charge in [0.2, 0.25) is 0 Å². The molecule has 6 nitrogen and oxygen atoms in total. The third kappa shape index (κ3) is 18.9. The van der Waals surface area contributed by atoms with Crippen LogP contribution in [0.1, 0.15) is 33.6 Å². The molecule has 201 valence electrons. The number of hydrogen-bond acceptors (Lipinski definition) is 5. The summed E-state index contributed by atoms with van der Waals surface area (Å²) < 4.78 is 16.8. The predicted molar refractivity (Wildman–Crippen MR) is 152 cm³/mol. The first-order valence-corrected chi connectivity index (χ1v) is 12.2. The second kappa shape index (κ2) is 25.0. The van der Waals surface area contributed by atoms with Gasteiger partial charge in [0.1, 0.15) is 18.3 Å². The van der Waals surface area contributed by atoms with Gasteiger partial charge in [-0.25, -0.2) is 0 Å². The van der Waals surface area contributed by atoms with Crippen LogP contribution < -0.4 is 5.32 Å². The number of amides is 1. The molecule has 0 spiro atoms. The van der Waals surface area contributed by atoms with Crippen LogP contribution >= 0.6 is 0 Å². The summed E-state index contributed by atoms with van der Waals surface area (Å²) in [7, 11) is 1.54. The topological polar surface area (TPSA) is 77.0 Å². The molecule has 1 aliphatic rings. The summed E-state index contributed by atoms with van der Waals surface area (Å²) in [5.74, 6) is 49.5. The second-order valence-electron chi connectivity index (χ2n) is 7.81. The normalized spacial score (nSPS) is 16.5. The van der Waals surface area contributed by atoms with Crippen LogP contribution in [0.3, 0.4) is 0 Å². The largest absolute Gasteiger partial charge is 0.387 e. The average Bonchev–Trinajstić information content (AvgIpc) is 3.25. The molecular weight excluding hydrogens is 591 g/mol. The molecule has 0 bridgehead atoms. The third-order valence-corrected chi connectivity index (χ3v) is 4.61. The predicted octanol–water partition coefficient (Wildman–Crippen LogP) is 0.503. The van der Waals surface area contributed by atoms with Gasteiger partial charge >= 0.3 is 0 Å². The summed E-state index contributed by atoms with van der Waals surface area (Å²) in [6, 6.07) is 0. The Morgan fingerprint density at radius 1 is 0.805 bits per heavy atom. The first kappa shape index (κ1) is 37.0. The maximum Gasteiger partial charge on any atom is 0.296 e. The quantitative estimate of drug-likeness (QED) is 0.307. The number of aliphatic hydroxyl groups excluding tert-OH is 1. The summed E-state index contributed by atoms with van der Waals surface area (Å²) in [6.07, 6.45) is -0.667.